The number of piperidine rings is 1. The zero-order chi connectivity index (χ0) is 20.0. The third-order valence-corrected chi connectivity index (χ3v) is 6.36. The van der Waals surface area contributed by atoms with E-state index in [1.165, 1.54) is 9.71 Å². The minimum absolute atomic E-state index is 0.0868. The lowest BCUT2D eigenvalue weighted by Gasteiger charge is -2.29. The molecular weight excluding hydrogens is 376 g/mol. The molecule has 7 heteroatoms. The smallest absolute Gasteiger partial charge is 0.236 e. The predicted octanol–water partition coefficient (Wildman–Crippen LogP) is 2.83. The summed E-state index contributed by atoms with van der Waals surface area (Å²) in [5.74, 6) is -0.352. The van der Waals surface area contributed by atoms with Crippen molar-refractivity contribution in [1.29, 1.82) is 0 Å². The van der Waals surface area contributed by atoms with Crippen LogP contribution in [0.25, 0.3) is 6.08 Å². The first-order valence-corrected chi connectivity index (χ1v) is 10.7. The van der Waals surface area contributed by atoms with Crippen LogP contribution in [0.15, 0.2) is 60.0 Å². The van der Waals surface area contributed by atoms with Gasteiger partial charge in [-0.25, -0.2) is 8.42 Å². The van der Waals surface area contributed by atoms with Crippen molar-refractivity contribution in [2.45, 2.75) is 19.4 Å². The van der Waals surface area contributed by atoms with Crippen molar-refractivity contribution in [3.8, 4) is 0 Å². The van der Waals surface area contributed by atoms with Crippen molar-refractivity contribution in [3.05, 3.63) is 71.1 Å². The van der Waals surface area contributed by atoms with E-state index in [1.54, 1.807) is 30.3 Å². The molecule has 6 nitrogen and oxygen atoms in total. The molecule has 2 N–H and O–H groups in total. The maximum Gasteiger partial charge on any atom is 0.236 e. The number of nitrogens with zero attached hydrogens (tertiary/aromatic N) is 1. The number of sulfonamides is 1. The van der Waals surface area contributed by atoms with Crippen LogP contribution >= 0.6 is 0 Å². The minimum atomic E-state index is -3.51. The highest BCUT2D eigenvalue weighted by molar-refractivity contribution is 7.92. The molecule has 1 saturated heterocycles. The Morgan fingerprint density at radius 2 is 1.82 bits per heavy atom. The molecule has 0 saturated carbocycles. The fourth-order valence-electron chi connectivity index (χ4n) is 3.18. The summed E-state index contributed by atoms with van der Waals surface area (Å²) in [5.41, 5.74) is 2.19. The summed E-state index contributed by atoms with van der Waals surface area (Å²) in [6.45, 7) is 0.545. The van der Waals surface area contributed by atoms with Gasteiger partial charge in [-0.3, -0.25) is 4.79 Å². The summed E-state index contributed by atoms with van der Waals surface area (Å²) < 4.78 is 26.4. The van der Waals surface area contributed by atoms with Crippen LogP contribution in [0, 0.1) is 5.92 Å². The lowest BCUT2D eigenvalue weighted by Crippen LogP contribution is -2.40. The molecule has 1 heterocycles. The van der Waals surface area contributed by atoms with Gasteiger partial charge in [0.1, 0.15) is 0 Å². The molecule has 0 aliphatic carbocycles. The Bertz CT molecular complexity index is 934. The van der Waals surface area contributed by atoms with Gasteiger partial charge >= 0.3 is 0 Å². The van der Waals surface area contributed by atoms with Crippen molar-refractivity contribution in [1.82, 2.24) is 4.31 Å². The Kier molecular flexibility index (Phi) is 6.61. The van der Waals surface area contributed by atoms with Crippen molar-refractivity contribution in [2.75, 3.05) is 18.4 Å². The molecule has 1 amide bonds. The van der Waals surface area contributed by atoms with Gasteiger partial charge < -0.3 is 10.4 Å². The van der Waals surface area contributed by atoms with Crippen molar-refractivity contribution in [2.24, 2.45) is 5.92 Å². The number of aliphatic hydroxyl groups excluding tert-OH is 1. The van der Waals surface area contributed by atoms with E-state index in [2.05, 4.69) is 5.32 Å². The quantitative estimate of drug-likeness (QED) is 0.781. The van der Waals surface area contributed by atoms with Crippen molar-refractivity contribution < 1.29 is 18.3 Å². The fourth-order valence-corrected chi connectivity index (χ4v) is 4.40. The topological polar surface area (TPSA) is 86.7 Å². The monoisotopic (exact) mass is 400 g/mol. The molecule has 0 spiro atoms. The molecule has 28 heavy (non-hydrogen) atoms. The maximum atomic E-state index is 12.5. The van der Waals surface area contributed by atoms with Gasteiger partial charge in [0.15, 0.2) is 0 Å². The highest BCUT2D eigenvalue weighted by Gasteiger charge is 2.30. The van der Waals surface area contributed by atoms with E-state index in [0.29, 0.717) is 31.6 Å². The first-order chi connectivity index (χ1) is 13.5. The van der Waals surface area contributed by atoms with Crippen molar-refractivity contribution in [3.63, 3.8) is 0 Å². The Morgan fingerprint density at radius 3 is 2.50 bits per heavy atom. The van der Waals surface area contributed by atoms with E-state index < -0.39 is 10.0 Å². The zero-order valence-electron chi connectivity index (χ0n) is 15.5. The number of benzene rings is 2. The number of carbonyl (C=O) groups is 1. The zero-order valence-corrected chi connectivity index (χ0v) is 16.3. The van der Waals surface area contributed by atoms with Gasteiger partial charge in [0, 0.05) is 30.1 Å². The van der Waals surface area contributed by atoms with Gasteiger partial charge in [0.2, 0.25) is 15.9 Å². The van der Waals surface area contributed by atoms with Crippen LogP contribution < -0.4 is 5.32 Å². The molecule has 0 aromatic heterocycles. The number of rotatable bonds is 6. The second kappa shape index (κ2) is 9.14. The van der Waals surface area contributed by atoms with Gasteiger partial charge in [0.05, 0.1) is 6.61 Å². The van der Waals surface area contributed by atoms with Gasteiger partial charge in [-0.2, -0.15) is 4.31 Å². The molecule has 1 fully saturated rings. The predicted molar refractivity (Wildman–Crippen MR) is 110 cm³/mol. The lowest BCUT2D eigenvalue weighted by atomic mass is 9.97. The number of carbonyl (C=O) groups excluding carboxylic acids is 1. The molecular formula is C21H24N2O4S. The van der Waals surface area contributed by atoms with Crippen LogP contribution in [-0.4, -0.2) is 36.8 Å². The Hall–Kier alpha value is -2.48. The van der Waals surface area contributed by atoms with Gasteiger partial charge in [-0.05, 0) is 42.2 Å². The standard InChI is InChI=1S/C21H24N2O4S/c24-16-18-7-4-8-20(15-18)22-21(25)19-9-12-23(13-10-19)28(26,27)14-11-17-5-2-1-3-6-17/h1-8,11,14-15,19,24H,9-10,12-13,16H2,(H,22,25)/b14-11+. The summed E-state index contributed by atoms with van der Waals surface area (Å²) in [4.78, 5) is 12.5. The van der Waals surface area contributed by atoms with Crippen LogP contribution in [0.3, 0.4) is 0 Å². The van der Waals surface area contributed by atoms with Crippen LogP contribution in [-0.2, 0) is 21.4 Å². The number of hydrogen-bond acceptors (Lipinski definition) is 4. The number of nitrogens with one attached hydrogen (secondary N) is 1. The third kappa shape index (κ3) is 5.28. The van der Waals surface area contributed by atoms with Gasteiger partial charge in [-0.15, -0.1) is 0 Å². The van der Waals surface area contributed by atoms with E-state index in [0.717, 1.165) is 11.1 Å². The van der Waals surface area contributed by atoms with Crippen molar-refractivity contribution >= 4 is 27.7 Å². The normalized spacial score (nSPS) is 16.3. The van der Waals surface area contributed by atoms with E-state index in [-0.39, 0.29) is 18.4 Å². The molecule has 148 valence electrons. The van der Waals surface area contributed by atoms with Gasteiger partial charge in [-0.1, -0.05) is 42.5 Å². The molecule has 1 aliphatic rings. The SMILES string of the molecule is O=C(Nc1cccc(CO)c1)C1CCN(S(=O)(=O)/C=C/c2ccccc2)CC1. The fraction of sp³-hybridized carbons (Fsp3) is 0.286. The Balaban J connectivity index is 1.56. The first kappa shape index (κ1) is 20.3. The number of anilines is 1. The Labute approximate surface area is 165 Å². The lowest BCUT2D eigenvalue weighted by molar-refractivity contribution is -0.120. The second-order valence-electron chi connectivity index (χ2n) is 6.78. The minimum Gasteiger partial charge on any atom is -0.392 e. The maximum absolute atomic E-state index is 12.5. The highest BCUT2D eigenvalue weighted by atomic mass is 32.2. The number of hydrogen-bond donors (Lipinski definition) is 2. The van der Waals surface area contributed by atoms with Crippen LogP contribution in [0.4, 0.5) is 5.69 Å². The van der Waals surface area contributed by atoms with E-state index in [4.69, 9.17) is 0 Å². The number of aliphatic hydroxyl groups is 1. The number of amides is 1. The first-order valence-electron chi connectivity index (χ1n) is 9.22. The average Bonchev–Trinajstić information content (AvgIpc) is 2.73. The summed E-state index contributed by atoms with van der Waals surface area (Å²) in [6, 6.07) is 16.3. The summed E-state index contributed by atoms with van der Waals surface area (Å²) >= 11 is 0. The molecule has 0 radical (unpaired) electrons. The molecule has 0 unspecified atom stereocenters. The van der Waals surface area contributed by atoms with Crippen LogP contribution in [0.5, 0.6) is 0 Å². The third-order valence-electron chi connectivity index (χ3n) is 4.79. The highest BCUT2D eigenvalue weighted by Crippen LogP contribution is 2.23. The summed E-state index contributed by atoms with van der Waals surface area (Å²) in [7, 11) is -3.51. The van der Waals surface area contributed by atoms with Crippen LogP contribution in [0.2, 0.25) is 0 Å². The summed E-state index contributed by atoms with van der Waals surface area (Å²) in [6.07, 6.45) is 2.54. The molecule has 3 rings (SSSR count). The Morgan fingerprint density at radius 1 is 1.11 bits per heavy atom. The second-order valence-corrected chi connectivity index (χ2v) is 8.60. The van der Waals surface area contributed by atoms with E-state index in [9.17, 15) is 18.3 Å². The summed E-state index contributed by atoms with van der Waals surface area (Å²) in [5, 5.41) is 13.3. The largest absolute Gasteiger partial charge is 0.392 e. The van der Waals surface area contributed by atoms with Crippen LogP contribution in [0.1, 0.15) is 24.0 Å². The molecule has 2 aromatic rings. The van der Waals surface area contributed by atoms with E-state index >= 15 is 0 Å². The molecule has 0 bridgehead atoms. The van der Waals surface area contributed by atoms with Gasteiger partial charge in [0.25, 0.3) is 0 Å². The van der Waals surface area contributed by atoms with E-state index in [1.807, 2.05) is 30.3 Å². The molecule has 0 atom stereocenters. The molecule has 2 aromatic carbocycles. The average molecular weight is 401 g/mol. The molecule has 1 aliphatic heterocycles.